The second-order valence-electron chi connectivity index (χ2n) is 5.70. The fourth-order valence-corrected chi connectivity index (χ4v) is 5.09. The number of hydrogen-bond acceptors (Lipinski definition) is 4. The third-order valence-corrected chi connectivity index (χ3v) is 6.46. The lowest BCUT2D eigenvalue weighted by molar-refractivity contribution is -0.133. The zero-order chi connectivity index (χ0) is 12.9. The molecule has 0 aromatic carbocycles. The van der Waals surface area contributed by atoms with Crippen LogP contribution >= 0.6 is 23.1 Å². The average Bonchev–Trinajstić information content (AvgIpc) is 2.92. The zero-order valence-electron chi connectivity index (χ0n) is 10.8. The van der Waals surface area contributed by atoms with Crippen molar-refractivity contribution in [2.75, 3.05) is 11.5 Å². The molecule has 0 radical (unpaired) electrons. The van der Waals surface area contributed by atoms with Crippen molar-refractivity contribution >= 4 is 29.0 Å². The molecular formula is C14H18N2OS2. The predicted octanol–water partition coefficient (Wildman–Crippen LogP) is 2.61. The van der Waals surface area contributed by atoms with Crippen LogP contribution in [0.25, 0.3) is 0 Å². The van der Waals surface area contributed by atoms with E-state index in [1.165, 1.54) is 16.4 Å². The maximum atomic E-state index is 12.8. The highest BCUT2D eigenvalue weighted by Gasteiger charge is 2.60. The summed E-state index contributed by atoms with van der Waals surface area (Å²) in [5, 5.41) is 5.73. The van der Waals surface area contributed by atoms with Gasteiger partial charge in [-0.2, -0.15) is 11.8 Å². The van der Waals surface area contributed by atoms with E-state index >= 15 is 0 Å². The quantitative estimate of drug-likeness (QED) is 0.910. The summed E-state index contributed by atoms with van der Waals surface area (Å²) in [7, 11) is 0. The van der Waals surface area contributed by atoms with Crippen molar-refractivity contribution in [2.45, 2.75) is 43.4 Å². The van der Waals surface area contributed by atoms with Crippen molar-refractivity contribution in [3.63, 3.8) is 0 Å². The number of carbonyl (C=O) groups excluding carboxylic acids is 1. The van der Waals surface area contributed by atoms with Crippen LogP contribution in [0.4, 0.5) is 0 Å². The fraction of sp³-hybridized carbons (Fsp3) is 0.643. The van der Waals surface area contributed by atoms with Crippen molar-refractivity contribution in [1.82, 2.24) is 10.2 Å². The van der Waals surface area contributed by atoms with Gasteiger partial charge in [0.25, 0.3) is 0 Å². The van der Waals surface area contributed by atoms with Crippen molar-refractivity contribution in [3.05, 3.63) is 22.4 Å². The van der Waals surface area contributed by atoms with E-state index in [4.69, 9.17) is 0 Å². The number of rotatable bonds is 2. The maximum absolute atomic E-state index is 12.8. The second kappa shape index (κ2) is 4.50. The lowest BCUT2D eigenvalue weighted by Crippen LogP contribution is -2.42. The summed E-state index contributed by atoms with van der Waals surface area (Å²) in [5.41, 5.74) is -0.195. The van der Waals surface area contributed by atoms with Crippen molar-refractivity contribution < 1.29 is 4.79 Å². The van der Waals surface area contributed by atoms with Crippen LogP contribution < -0.4 is 5.32 Å². The Kier molecular flexibility index (Phi) is 2.90. The molecule has 1 aromatic rings. The summed E-state index contributed by atoms with van der Waals surface area (Å²) in [5.74, 6) is 2.75. The van der Waals surface area contributed by atoms with Crippen LogP contribution in [0.2, 0.25) is 0 Å². The summed E-state index contributed by atoms with van der Waals surface area (Å²) in [4.78, 5) is 16.2. The highest BCUT2D eigenvalue weighted by molar-refractivity contribution is 7.99. The minimum Gasteiger partial charge on any atom is -0.317 e. The Bertz CT molecular complexity index is 478. The Hall–Kier alpha value is -0.520. The van der Waals surface area contributed by atoms with Gasteiger partial charge in [-0.15, -0.1) is 11.3 Å². The Labute approximate surface area is 121 Å². The van der Waals surface area contributed by atoms with E-state index in [2.05, 4.69) is 27.7 Å². The van der Waals surface area contributed by atoms with Crippen LogP contribution in [-0.2, 0) is 4.79 Å². The summed E-state index contributed by atoms with van der Waals surface area (Å²) >= 11 is 3.77. The van der Waals surface area contributed by atoms with Crippen LogP contribution in [0, 0.1) is 0 Å². The van der Waals surface area contributed by atoms with Gasteiger partial charge in [-0.3, -0.25) is 10.1 Å². The van der Waals surface area contributed by atoms with Gasteiger partial charge in [0.1, 0.15) is 11.7 Å². The molecule has 19 heavy (non-hydrogen) atoms. The van der Waals surface area contributed by atoms with E-state index in [-0.39, 0.29) is 11.7 Å². The first-order chi connectivity index (χ1) is 9.30. The molecule has 3 fully saturated rings. The second-order valence-corrected chi connectivity index (χ2v) is 7.90. The fourth-order valence-electron chi connectivity index (χ4n) is 3.24. The first-order valence-corrected chi connectivity index (χ1v) is 9.05. The summed E-state index contributed by atoms with van der Waals surface area (Å²) in [6, 6.07) is 4.67. The van der Waals surface area contributed by atoms with Crippen LogP contribution in [0.5, 0.6) is 0 Å². The number of thioether (sulfide) groups is 1. The molecule has 1 spiro atoms. The van der Waals surface area contributed by atoms with Crippen LogP contribution in [0.1, 0.15) is 36.7 Å². The molecule has 3 aliphatic rings. The molecule has 2 aliphatic heterocycles. The standard InChI is InChI=1S/C14H18N2OS2/c17-13-14(5-6-14)15-12(11-2-1-7-19-11)16(13)10-3-8-18-9-4-10/h1-2,7,10,12,15H,3-6,8-9H2. The molecule has 5 heteroatoms. The molecule has 3 nitrogen and oxygen atoms in total. The largest absolute Gasteiger partial charge is 0.317 e. The molecule has 1 aromatic heterocycles. The Balaban J connectivity index is 1.66. The van der Waals surface area contributed by atoms with Gasteiger partial charge in [0, 0.05) is 10.9 Å². The normalized spacial score (nSPS) is 30.2. The van der Waals surface area contributed by atoms with Gasteiger partial charge in [0.05, 0.1) is 0 Å². The third-order valence-electron chi connectivity index (χ3n) is 4.48. The number of hydrogen-bond donors (Lipinski definition) is 1. The highest BCUT2D eigenvalue weighted by Crippen LogP contribution is 2.48. The zero-order valence-corrected chi connectivity index (χ0v) is 12.4. The number of nitrogens with one attached hydrogen (secondary N) is 1. The molecular weight excluding hydrogens is 276 g/mol. The van der Waals surface area contributed by atoms with E-state index in [9.17, 15) is 4.79 Å². The van der Waals surface area contributed by atoms with Crippen molar-refractivity contribution in [3.8, 4) is 0 Å². The van der Waals surface area contributed by atoms with Crippen LogP contribution in [-0.4, -0.2) is 33.9 Å². The van der Waals surface area contributed by atoms with E-state index in [0.29, 0.717) is 11.9 Å². The lowest BCUT2D eigenvalue weighted by Gasteiger charge is -2.34. The smallest absolute Gasteiger partial charge is 0.244 e. The molecule has 1 atom stereocenters. The van der Waals surface area contributed by atoms with Gasteiger partial charge in [-0.1, -0.05) is 6.07 Å². The first kappa shape index (κ1) is 12.2. The third kappa shape index (κ3) is 1.94. The molecule has 1 amide bonds. The SMILES string of the molecule is O=C1N(C2CCSCC2)C(c2cccs2)NC12CC2. The lowest BCUT2D eigenvalue weighted by atomic mass is 10.1. The van der Waals surface area contributed by atoms with E-state index in [1.807, 2.05) is 11.8 Å². The van der Waals surface area contributed by atoms with E-state index in [0.717, 1.165) is 25.7 Å². The minimum atomic E-state index is -0.195. The Morgan fingerprint density at radius 2 is 2.11 bits per heavy atom. The van der Waals surface area contributed by atoms with Crippen molar-refractivity contribution in [1.29, 1.82) is 0 Å². The highest BCUT2D eigenvalue weighted by atomic mass is 32.2. The van der Waals surface area contributed by atoms with Gasteiger partial charge in [0.15, 0.2) is 0 Å². The number of thiophene rings is 1. The molecule has 4 rings (SSSR count). The summed E-state index contributed by atoms with van der Waals surface area (Å²) < 4.78 is 0. The van der Waals surface area contributed by atoms with Gasteiger partial charge in [-0.25, -0.2) is 0 Å². The Morgan fingerprint density at radius 3 is 2.74 bits per heavy atom. The first-order valence-electron chi connectivity index (χ1n) is 7.02. The monoisotopic (exact) mass is 294 g/mol. The number of carbonyl (C=O) groups is 1. The van der Waals surface area contributed by atoms with E-state index in [1.54, 1.807) is 11.3 Å². The van der Waals surface area contributed by atoms with E-state index < -0.39 is 0 Å². The minimum absolute atomic E-state index is 0.128. The predicted molar refractivity (Wildman–Crippen MR) is 79.4 cm³/mol. The number of nitrogens with zero attached hydrogens (tertiary/aromatic N) is 1. The molecule has 0 bridgehead atoms. The molecule has 3 heterocycles. The molecule has 1 N–H and O–H groups in total. The molecule has 1 aliphatic carbocycles. The Morgan fingerprint density at radius 1 is 1.32 bits per heavy atom. The van der Waals surface area contributed by atoms with Crippen LogP contribution in [0.15, 0.2) is 17.5 Å². The van der Waals surface area contributed by atoms with Gasteiger partial charge >= 0.3 is 0 Å². The average molecular weight is 294 g/mol. The van der Waals surface area contributed by atoms with Crippen molar-refractivity contribution in [2.24, 2.45) is 0 Å². The molecule has 1 unspecified atom stereocenters. The molecule has 102 valence electrons. The molecule has 2 saturated heterocycles. The van der Waals surface area contributed by atoms with Gasteiger partial charge in [0.2, 0.25) is 5.91 Å². The maximum Gasteiger partial charge on any atom is 0.244 e. The summed E-state index contributed by atoms with van der Waals surface area (Å²) in [6.07, 6.45) is 4.46. The van der Waals surface area contributed by atoms with Crippen LogP contribution in [0.3, 0.4) is 0 Å². The molecule has 1 saturated carbocycles. The topological polar surface area (TPSA) is 32.3 Å². The number of amides is 1. The van der Waals surface area contributed by atoms with Gasteiger partial charge in [-0.05, 0) is 48.6 Å². The summed E-state index contributed by atoms with van der Waals surface area (Å²) in [6.45, 7) is 0. The van der Waals surface area contributed by atoms with Gasteiger partial charge < -0.3 is 4.90 Å².